The molecular formula is C19H20N2O3S. The summed E-state index contributed by atoms with van der Waals surface area (Å²) in [6, 6.07) is 13.8. The normalized spacial score (nSPS) is 23.0. The van der Waals surface area contributed by atoms with Crippen LogP contribution in [0.1, 0.15) is 10.4 Å². The minimum atomic E-state index is -0.0892. The molecule has 1 aromatic heterocycles. The first-order valence-electron chi connectivity index (χ1n) is 8.46. The van der Waals surface area contributed by atoms with Crippen LogP contribution in [0.15, 0.2) is 47.8 Å². The molecule has 5 nitrogen and oxygen atoms in total. The van der Waals surface area contributed by atoms with Gasteiger partial charge < -0.3 is 14.5 Å². The third kappa shape index (κ3) is 3.45. The van der Waals surface area contributed by atoms with Crippen molar-refractivity contribution in [2.24, 2.45) is 0 Å². The second-order valence-corrected chi connectivity index (χ2v) is 7.51. The summed E-state index contributed by atoms with van der Waals surface area (Å²) >= 11 is 1.59. The average Bonchev–Trinajstić information content (AvgIpc) is 3.28. The molecule has 0 N–H and O–H groups in total. The lowest BCUT2D eigenvalue weighted by Crippen LogP contribution is -2.53. The molecule has 2 fully saturated rings. The number of ether oxygens (including phenoxy) is 1. The van der Waals surface area contributed by atoms with Gasteiger partial charge in [0.15, 0.2) is 0 Å². The number of rotatable bonds is 4. The largest absolute Gasteiger partial charge is 0.364 e. The summed E-state index contributed by atoms with van der Waals surface area (Å²) in [4.78, 5) is 29.7. The van der Waals surface area contributed by atoms with Crippen LogP contribution in [0.2, 0.25) is 0 Å². The van der Waals surface area contributed by atoms with Gasteiger partial charge >= 0.3 is 0 Å². The van der Waals surface area contributed by atoms with E-state index in [1.165, 1.54) is 0 Å². The molecule has 0 spiro atoms. The zero-order valence-electron chi connectivity index (χ0n) is 13.8. The summed E-state index contributed by atoms with van der Waals surface area (Å²) in [5.41, 5.74) is 1.10. The van der Waals surface area contributed by atoms with E-state index in [2.05, 4.69) is 0 Å². The van der Waals surface area contributed by atoms with Gasteiger partial charge in [0.25, 0.3) is 0 Å². The number of benzene rings is 1. The Bertz CT molecular complexity index is 747. The van der Waals surface area contributed by atoms with E-state index < -0.39 is 0 Å². The molecule has 0 radical (unpaired) electrons. The van der Waals surface area contributed by atoms with E-state index in [1.54, 1.807) is 11.3 Å². The van der Waals surface area contributed by atoms with Gasteiger partial charge in [-0.2, -0.15) is 0 Å². The van der Waals surface area contributed by atoms with Crippen LogP contribution in [0.4, 0.5) is 0 Å². The molecule has 130 valence electrons. The molecule has 2 aromatic rings. The van der Waals surface area contributed by atoms with Crippen LogP contribution in [0.3, 0.4) is 0 Å². The van der Waals surface area contributed by atoms with Gasteiger partial charge in [0.05, 0.1) is 18.6 Å². The Labute approximate surface area is 150 Å². The molecule has 2 atom stereocenters. The number of carbonyl (C=O) groups is 2. The van der Waals surface area contributed by atoms with E-state index in [0.29, 0.717) is 26.1 Å². The Morgan fingerprint density at radius 1 is 1.16 bits per heavy atom. The smallest absolute Gasteiger partial charge is 0.249 e. The van der Waals surface area contributed by atoms with Gasteiger partial charge in [-0.15, -0.1) is 11.3 Å². The molecule has 4 rings (SSSR count). The van der Waals surface area contributed by atoms with Crippen LogP contribution in [0.25, 0.3) is 0 Å². The van der Waals surface area contributed by atoms with E-state index in [-0.39, 0.29) is 30.6 Å². The quantitative estimate of drug-likeness (QED) is 0.841. The number of thiophene rings is 1. The van der Waals surface area contributed by atoms with Crippen molar-refractivity contribution >= 4 is 23.2 Å². The Hall–Kier alpha value is -2.18. The number of carbonyl (C=O) groups excluding carboxylic acids is 2. The molecule has 0 unspecified atom stereocenters. The third-order valence-corrected chi connectivity index (χ3v) is 5.71. The van der Waals surface area contributed by atoms with Crippen molar-refractivity contribution in [2.45, 2.75) is 25.1 Å². The van der Waals surface area contributed by atoms with Gasteiger partial charge in [0.1, 0.15) is 6.61 Å². The van der Waals surface area contributed by atoms with Crippen molar-refractivity contribution in [3.63, 3.8) is 0 Å². The Morgan fingerprint density at radius 2 is 2.00 bits per heavy atom. The maximum Gasteiger partial charge on any atom is 0.249 e. The minimum Gasteiger partial charge on any atom is -0.364 e. The Morgan fingerprint density at radius 3 is 2.76 bits per heavy atom. The van der Waals surface area contributed by atoms with E-state index >= 15 is 0 Å². The lowest BCUT2D eigenvalue weighted by atomic mass is 10.1. The molecule has 6 heteroatoms. The highest BCUT2D eigenvalue weighted by Gasteiger charge is 2.44. The van der Waals surface area contributed by atoms with Crippen molar-refractivity contribution in [3.05, 3.63) is 58.3 Å². The van der Waals surface area contributed by atoms with Crippen molar-refractivity contribution < 1.29 is 14.3 Å². The Kier molecular flexibility index (Phi) is 4.55. The Balaban J connectivity index is 1.46. The number of likely N-dealkylation sites (tertiary alicyclic amines) is 1. The molecule has 2 aliphatic heterocycles. The van der Waals surface area contributed by atoms with Gasteiger partial charge in [-0.3, -0.25) is 9.59 Å². The lowest BCUT2D eigenvalue weighted by Gasteiger charge is -2.36. The average molecular weight is 356 g/mol. The first kappa shape index (κ1) is 16.3. The first-order chi connectivity index (χ1) is 12.2. The van der Waals surface area contributed by atoms with Crippen LogP contribution >= 0.6 is 11.3 Å². The van der Waals surface area contributed by atoms with E-state index in [0.717, 1.165) is 10.4 Å². The molecule has 0 bridgehead atoms. The monoisotopic (exact) mass is 356 g/mol. The number of hydrogen-bond donors (Lipinski definition) is 0. The fourth-order valence-corrected chi connectivity index (χ4v) is 4.23. The molecule has 2 saturated heterocycles. The second kappa shape index (κ2) is 6.98. The van der Waals surface area contributed by atoms with Gasteiger partial charge in [-0.25, -0.2) is 0 Å². The van der Waals surface area contributed by atoms with Gasteiger partial charge in [-0.1, -0.05) is 36.4 Å². The highest BCUT2D eigenvalue weighted by Crippen LogP contribution is 2.26. The predicted octanol–water partition coefficient (Wildman–Crippen LogP) is 1.93. The highest BCUT2D eigenvalue weighted by atomic mass is 32.1. The molecular weight excluding hydrogens is 336 g/mol. The molecule has 0 saturated carbocycles. The second-order valence-electron chi connectivity index (χ2n) is 6.48. The molecule has 2 aliphatic rings. The van der Waals surface area contributed by atoms with E-state index in [4.69, 9.17) is 4.74 Å². The van der Waals surface area contributed by atoms with Crippen LogP contribution in [0.5, 0.6) is 0 Å². The summed E-state index contributed by atoms with van der Waals surface area (Å²) in [5.74, 6) is 0.102. The predicted molar refractivity (Wildman–Crippen MR) is 95.1 cm³/mol. The van der Waals surface area contributed by atoms with Crippen LogP contribution in [-0.2, 0) is 27.3 Å². The fourth-order valence-electron chi connectivity index (χ4n) is 3.53. The van der Waals surface area contributed by atoms with Gasteiger partial charge in [0.2, 0.25) is 11.8 Å². The third-order valence-electron chi connectivity index (χ3n) is 4.83. The summed E-state index contributed by atoms with van der Waals surface area (Å²) in [5, 5.41) is 1.98. The van der Waals surface area contributed by atoms with Crippen LogP contribution < -0.4 is 0 Å². The highest BCUT2D eigenvalue weighted by molar-refractivity contribution is 7.10. The number of amides is 2. The number of fused-ring (bicyclic) bond motifs is 1. The molecule has 1 aromatic carbocycles. The summed E-state index contributed by atoms with van der Waals surface area (Å²) < 4.78 is 5.72. The van der Waals surface area contributed by atoms with Crippen molar-refractivity contribution in [1.29, 1.82) is 0 Å². The number of morpholine rings is 1. The van der Waals surface area contributed by atoms with E-state index in [1.807, 2.05) is 57.6 Å². The molecule has 3 heterocycles. The lowest BCUT2D eigenvalue weighted by molar-refractivity contribution is -0.153. The summed E-state index contributed by atoms with van der Waals surface area (Å²) in [7, 11) is 0. The zero-order chi connectivity index (χ0) is 17.2. The van der Waals surface area contributed by atoms with Gasteiger partial charge in [0, 0.05) is 24.5 Å². The van der Waals surface area contributed by atoms with Gasteiger partial charge in [-0.05, 0) is 17.0 Å². The maximum absolute atomic E-state index is 12.6. The first-order valence-corrected chi connectivity index (χ1v) is 9.34. The summed E-state index contributed by atoms with van der Waals surface area (Å²) in [6.07, 6.45) is 0.331. The molecule has 0 aliphatic carbocycles. The molecule has 2 amide bonds. The standard InChI is InChI=1S/C19H20N2O3S/c22-18(9-15-7-4-8-25-15)20-11-16-17(12-20)24-13-19(23)21(16)10-14-5-2-1-3-6-14/h1-8,16-17H,9-13H2/t16-,17-/m0/s1. The van der Waals surface area contributed by atoms with Crippen molar-refractivity contribution in [3.8, 4) is 0 Å². The van der Waals surface area contributed by atoms with Crippen molar-refractivity contribution in [2.75, 3.05) is 19.7 Å². The topological polar surface area (TPSA) is 49.9 Å². The van der Waals surface area contributed by atoms with Crippen LogP contribution in [-0.4, -0.2) is 53.5 Å². The maximum atomic E-state index is 12.6. The molecule has 25 heavy (non-hydrogen) atoms. The van der Waals surface area contributed by atoms with E-state index in [9.17, 15) is 9.59 Å². The minimum absolute atomic E-state index is 0.00217. The SMILES string of the molecule is O=C(Cc1cccs1)N1C[C@@H]2OCC(=O)N(Cc3ccccc3)[C@H]2C1. The summed E-state index contributed by atoms with van der Waals surface area (Å²) in [6.45, 7) is 1.78. The van der Waals surface area contributed by atoms with Crippen molar-refractivity contribution in [1.82, 2.24) is 9.80 Å². The fraction of sp³-hybridized carbons (Fsp3) is 0.368. The number of hydrogen-bond acceptors (Lipinski definition) is 4. The zero-order valence-corrected chi connectivity index (χ0v) is 14.7. The number of nitrogens with zero attached hydrogens (tertiary/aromatic N) is 2. The van der Waals surface area contributed by atoms with Crippen LogP contribution in [0, 0.1) is 0 Å².